The second kappa shape index (κ2) is 14.1. The van der Waals surface area contributed by atoms with E-state index in [2.05, 4.69) is 20.4 Å². The molecule has 0 atom stereocenters. The number of carbonyl (C=O) groups is 1. The largest absolute Gasteiger partial charge is 0.748 e. The Labute approximate surface area is 163 Å². The minimum atomic E-state index is -4.13. The monoisotopic (exact) mass is 409 g/mol. The lowest BCUT2D eigenvalue weighted by atomic mass is 10.2. The van der Waals surface area contributed by atoms with Crippen LogP contribution in [0.3, 0.4) is 0 Å². The first kappa shape index (κ1) is 26.0. The number of likely N-dealkylation sites (N-methyl/N-ethyl adjacent to an activating group) is 1. The molecule has 0 aromatic carbocycles. The van der Waals surface area contributed by atoms with E-state index in [0.29, 0.717) is 44.8 Å². The lowest BCUT2D eigenvalue weighted by Gasteiger charge is -2.37. The summed E-state index contributed by atoms with van der Waals surface area (Å²) in [6.45, 7) is 14.8. The first-order valence-corrected chi connectivity index (χ1v) is 11.0. The second-order valence-electron chi connectivity index (χ2n) is 6.53. The number of nitrogens with zero attached hydrogens (tertiary/aromatic N) is 1. The SMILES string of the molecule is C=C(C)C(=O)OCCOCCOCC[N+](CC)(CC)CCCCS(=O)(=O)[O-]. The fourth-order valence-electron chi connectivity index (χ4n) is 2.59. The normalized spacial score (nSPS) is 12.1. The second-order valence-corrected chi connectivity index (χ2v) is 8.05. The Hall–Kier alpha value is -1.00. The summed E-state index contributed by atoms with van der Waals surface area (Å²) < 4.78 is 48.7. The molecule has 0 aromatic rings. The van der Waals surface area contributed by atoms with Gasteiger partial charge >= 0.3 is 5.97 Å². The quantitative estimate of drug-likeness (QED) is 0.117. The summed E-state index contributed by atoms with van der Waals surface area (Å²) in [4.78, 5) is 11.2. The first-order valence-electron chi connectivity index (χ1n) is 9.42. The van der Waals surface area contributed by atoms with E-state index in [-0.39, 0.29) is 12.4 Å². The smallest absolute Gasteiger partial charge is 0.333 e. The molecule has 0 saturated carbocycles. The van der Waals surface area contributed by atoms with Gasteiger partial charge in [-0.15, -0.1) is 0 Å². The van der Waals surface area contributed by atoms with Gasteiger partial charge in [0.05, 0.1) is 56.2 Å². The van der Waals surface area contributed by atoms with Crippen LogP contribution in [-0.2, 0) is 29.1 Å². The minimum Gasteiger partial charge on any atom is -0.748 e. The van der Waals surface area contributed by atoms with Crippen molar-refractivity contribution < 1.29 is 36.5 Å². The van der Waals surface area contributed by atoms with Gasteiger partial charge in [0.15, 0.2) is 0 Å². The van der Waals surface area contributed by atoms with Gasteiger partial charge in [0.1, 0.15) is 13.2 Å². The molecule has 0 unspecified atom stereocenters. The van der Waals surface area contributed by atoms with Crippen LogP contribution in [0.4, 0.5) is 0 Å². The predicted octanol–water partition coefficient (Wildman–Crippen LogP) is 1.32. The molecule has 0 saturated heterocycles. The summed E-state index contributed by atoms with van der Waals surface area (Å²) in [5.74, 6) is -0.716. The van der Waals surface area contributed by atoms with E-state index in [4.69, 9.17) is 14.2 Å². The summed E-state index contributed by atoms with van der Waals surface area (Å²) >= 11 is 0. The molecule has 0 N–H and O–H groups in total. The Morgan fingerprint density at radius 1 is 0.963 bits per heavy atom. The van der Waals surface area contributed by atoms with Crippen molar-refractivity contribution in [1.82, 2.24) is 0 Å². The fourth-order valence-corrected chi connectivity index (χ4v) is 3.15. The van der Waals surface area contributed by atoms with Crippen molar-refractivity contribution in [1.29, 1.82) is 0 Å². The number of ether oxygens (including phenoxy) is 3. The molecule has 0 aromatic heterocycles. The zero-order chi connectivity index (χ0) is 20.8. The van der Waals surface area contributed by atoms with E-state index in [9.17, 15) is 17.8 Å². The van der Waals surface area contributed by atoms with Gasteiger partial charge in [-0.05, 0) is 33.6 Å². The Bertz CT molecular complexity index is 530. The number of hydrogen-bond donors (Lipinski definition) is 0. The maximum Gasteiger partial charge on any atom is 0.333 e. The molecular weight excluding hydrogens is 374 g/mol. The van der Waals surface area contributed by atoms with Gasteiger partial charge in [0.25, 0.3) is 0 Å². The van der Waals surface area contributed by atoms with Crippen molar-refractivity contribution in [2.45, 2.75) is 33.6 Å². The van der Waals surface area contributed by atoms with Crippen LogP contribution in [-0.4, -0.2) is 88.4 Å². The van der Waals surface area contributed by atoms with E-state index < -0.39 is 16.1 Å². The fraction of sp³-hybridized carbons (Fsp3) is 0.833. The molecule has 0 rings (SSSR count). The maximum atomic E-state index is 11.2. The molecule has 0 aliphatic rings. The Balaban J connectivity index is 3.86. The van der Waals surface area contributed by atoms with Crippen molar-refractivity contribution in [2.24, 2.45) is 0 Å². The van der Waals surface area contributed by atoms with Crippen molar-refractivity contribution in [3.63, 3.8) is 0 Å². The molecule has 0 aliphatic carbocycles. The molecule has 0 radical (unpaired) electrons. The first-order chi connectivity index (χ1) is 12.7. The third-order valence-corrected chi connectivity index (χ3v) is 5.30. The number of rotatable bonds is 17. The van der Waals surface area contributed by atoms with Crippen LogP contribution < -0.4 is 0 Å². The van der Waals surface area contributed by atoms with Gasteiger partial charge in [-0.3, -0.25) is 0 Å². The van der Waals surface area contributed by atoms with Crippen molar-refractivity contribution in [3.8, 4) is 0 Å². The lowest BCUT2D eigenvalue weighted by molar-refractivity contribution is -0.925. The van der Waals surface area contributed by atoms with Crippen LogP contribution in [0.15, 0.2) is 12.2 Å². The number of esters is 1. The molecule has 0 spiro atoms. The minimum absolute atomic E-state index is 0.191. The predicted molar refractivity (Wildman–Crippen MR) is 102 cm³/mol. The number of hydrogen-bond acceptors (Lipinski definition) is 7. The van der Waals surface area contributed by atoms with E-state index in [1.807, 2.05) is 0 Å². The highest BCUT2D eigenvalue weighted by Crippen LogP contribution is 2.10. The van der Waals surface area contributed by atoms with E-state index in [0.717, 1.165) is 30.7 Å². The zero-order valence-electron chi connectivity index (χ0n) is 16.9. The highest BCUT2D eigenvalue weighted by molar-refractivity contribution is 7.85. The third-order valence-electron chi connectivity index (χ3n) is 4.51. The molecule has 27 heavy (non-hydrogen) atoms. The van der Waals surface area contributed by atoms with Gasteiger partial charge in [-0.2, -0.15) is 0 Å². The Morgan fingerprint density at radius 2 is 1.52 bits per heavy atom. The zero-order valence-corrected chi connectivity index (χ0v) is 17.7. The summed E-state index contributed by atoms with van der Waals surface area (Å²) in [6, 6.07) is 0. The van der Waals surface area contributed by atoms with Crippen LogP contribution in [0.1, 0.15) is 33.6 Å². The van der Waals surface area contributed by atoms with Crippen LogP contribution >= 0.6 is 0 Å². The Morgan fingerprint density at radius 3 is 2.04 bits per heavy atom. The van der Waals surface area contributed by atoms with Crippen LogP contribution in [0.2, 0.25) is 0 Å². The number of unbranched alkanes of at least 4 members (excludes halogenated alkanes) is 1. The molecule has 8 nitrogen and oxygen atoms in total. The van der Waals surface area contributed by atoms with E-state index in [1.165, 1.54) is 0 Å². The van der Waals surface area contributed by atoms with Crippen LogP contribution in [0, 0.1) is 0 Å². The van der Waals surface area contributed by atoms with Crippen LogP contribution in [0.5, 0.6) is 0 Å². The number of carbonyl (C=O) groups excluding carboxylic acids is 1. The maximum absolute atomic E-state index is 11.2. The average Bonchev–Trinajstić information content (AvgIpc) is 2.61. The summed E-state index contributed by atoms with van der Waals surface area (Å²) in [5, 5.41) is 0. The molecule has 0 aliphatic heterocycles. The van der Waals surface area contributed by atoms with Gasteiger partial charge in [0, 0.05) is 11.3 Å². The molecule has 160 valence electrons. The molecule has 0 heterocycles. The van der Waals surface area contributed by atoms with Gasteiger partial charge in [0.2, 0.25) is 0 Å². The molecular formula is C18H35NO7S. The molecule has 0 fully saturated rings. The highest BCUT2D eigenvalue weighted by atomic mass is 32.2. The van der Waals surface area contributed by atoms with Gasteiger partial charge in [-0.25, -0.2) is 13.2 Å². The van der Waals surface area contributed by atoms with Crippen LogP contribution in [0.25, 0.3) is 0 Å². The van der Waals surface area contributed by atoms with E-state index in [1.54, 1.807) is 6.92 Å². The lowest BCUT2D eigenvalue weighted by Crippen LogP contribution is -2.50. The third kappa shape index (κ3) is 13.8. The molecule has 9 heteroatoms. The van der Waals surface area contributed by atoms with E-state index >= 15 is 0 Å². The molecule has 0 bridgehead atoms. The molecule has 0 amide bonds. The summed E-state index contributed by atoms with van der Waals surface area (Å²) in [7, 11) is -4.13. The van der Waals surface area contributed by atoms with Gasteiger partial charge < -0.3 is 23.2 Å². The number of quaternary nitrogens is 1. The van der Waals surface area contributed by atoms with Crippen molar-refractivity contribution >= 4 is 16.1 Å². The summed E-state index contributed by atoms with van der Waals surface area (Å²) in [6.07, 6.45) is 1.10. The summed E-state index contributed by atoms with van der Waals surface area (Å²) in [5.41, 5.74) is 0.362. The Kier molecular flexibility index (Phi) is 13.5. The van der Waals surface area contributed by atoms with Gasteiger partial charge in [-0.1, -0.05) is 6.58 Å². The van der Waals surface area contributed by atoms with Crippen molar-refractivity contribution in [3.05, 3.63) is 12.2 Å². The highest BCUT2D eigenvalue weighted by Gasteiger charge is 2.22. The average molecular weight is 410 g/mol. The van der Waals surface area contributed by atoms with Crippen molar-refractivity contribution in [2.75, 3.05) is 65.0 Å². The topological polar surface area (TPSA) is 102 Å². The standard InChI is InChI=1S/C18H35NO7S/c1-5-19(6-2,9-7-8-16-27(21,22)23)10-11-24-12-13-25-14-15-26-18(20)17(3)4/h3,5-16H2,1-2,4H3.